The van der Waals surface area contributed by atoms with Crippen LogP contribution in [0.2, 0.25) is 0 Å². The van der Waals surface area contributed by atoms with Gasteiger partial charge in [-0.3, -0.25) is 9.59 Å². The molecule has 1 aliphatic carbocycles. The van der Waals surface area contributed by atoms with Crippen molar-refractivity contribution in [2.45, 2.75) is 6.42 Å². The maximum atomic E-state index is 12.3. The number of rotatable bonds is 5. The molecule has 1 aliphatic rings. The summed E-state index contributed by atoms with van der Waals surface area (Å²) >= 11 is 0. The SMILES string of the molecule is CN(C)C(=O)c1ccc(NC(=O)CNc2ccc3c(c2)Cc2ccccc2-3)cc1. The van der Waals surface area contributed by atoms with Crippen molar-refractivity contribution in [1.29, 1.82) is 0 Å². The van der Waals surface area contributed by atoms with Crippen molar-refractivity contribution < 1.29 is 9.59 Å². The molecule has 0 heterocycles. The van der Waals surface area contributed by atoms with Crippen LogP contribution in [0.5, 0.6) is 0 Å². The van der Waals surface area contributed by atoms with Crippen molar-refractivity contribution >= 4 is 23.2 Å². The average Bonchev–Trinajstić information content (AvgIpc) is 3.10. The molecule has 5 nitrogen and oxygen atoms in total. The summed E-state index contributed by atoms with van der Waals surface area (Å²) in [6.45, 7) is 0.171. The fourth-order valence-electron chi connectivity index (χ4n) is 3.60. The third-order valence-corrected chi connectivity index (χ3v) is 5.07. The predicted octanol–water partition coefficient (Wildman–Crippen LogP) is 4.01. The molecule has 29 heavy (non-hydrogen) atoms. The Labute approximate surface area is 170 Å². The smallest absolute Gasteiger partial charge is 0.253 e. The summed E-state index contributed by atoms with van der Waals surface area (Å²) in [6.07, 6.45) is 0.922. The van der Waals surface area contributed by atoms with Crippen molar-refractivity contribution in [2.24, 2.45) is 0 Å². The maximum absolute atomic E-state index is 12.3. The minimum Gasteiger partial charge on any atom is -0.376 e. The summed E-state index contributed by atoms with van der Waals surface area (Å²) < 4.78 is 0. The van der Waals surface area contributed by atoms with Crippen molar-refractivity contribution in [3.05, 3.63) is 83.4 Å². The van der Waals surface area contributed by atoms with E-state index < -0.39 is 0 Å². The number of hydrogen-bond acceptors (Lipinski definition) is 3. The van der Waals surface area contributed by atoms with Gasteiger partial charge >= 0.3 is 0 Å². The lowest BCUT2D eigenvalue weighted by atomic mass is 10.1. The molecule has 0 saturated heterocycles. The number of benzene rings is 3. The van der Waals surface area contributed by atoms with Gasteiger partial charge in [0.1, 0.15) is 0 Å². The average molecular weight is 385 g/mol. The number of hydrogen-bond donors (Lipinski definition) is 2. The van der Waals surface area contributed by atoms with E-state index in [0.29, 0.717) is 11.3 Å². The molecule has 2 N–H and O–H groups in total. The molecule has 146 valence electrons. The highest BCUT2D eigenvalue weighted by molar-refractivity contribution is 5.96. The minimum absolute atomic E-state index is 0.0664. The Morgan fingerprint density at radius 2 is 1.55 bits per heavy atom. The second kappa shape index (κ2) is 7.80. The zero-order chi connectivity index (χ0) is 20.4. The molecule has 2 amide bonds. The summed E-state index contributed by atoms with van der Waals surface area (Å²) in [5.74, 6) is -0.205. The lowest BCUT2D eigenvalue weighted by Gasteiger charge is -2.12. The fraction of sp³-hybridized carbons (Fsp3) is 0.167. The number of nitrogens with one attached hydrogen (secondary N) is 2. The first-order valence-corrected chi connectivity index (χ1v) is 9.58. The molecule has 0 aliphatic heterocycles. The van der Waals surface area contributed by atoms with Crippen LogP contribution in [0.4, 0.5) is 11.4 Å². The van der Waals surface area contributed by atoms with Gasteiger partial charge < -0.3 is 15.5 Å². The van der Waals surface area contributed by atoms with Gasteiger partial charge in [-0.05, 0) is 65.1 Å². The van der Waals surface area contributed by atoms with E-state index in [0.717, 1.165) is 12.1 Å². The first-order valence-electron chi connectivity index (χ1n) is 9.58. The summed E-state index contributed by atoms with van der Waals surface area (Å²) in [4.78, 5) is 25.7. The van der Waals surface area contributed by atoms with Gasteiger partial charge in [0.15, 0.2) is 0 Å². The summed E-state index contributed by atoms with van der Waals surface area (Å²) in [6, 6.07) is 21.6. The number of nitrogens with zero attached hydrogens (tertiary/aromatic N) is 1. The van der Waals surface area contributed by atoms with Gasteiger partial charge in [-0.25, -0.2) is 0 Å². The molecule has 0 unspecified atom stereocenters. The van der Waals surface area contributed by atoms with Crippen LogP contribution < -0.4 is 10.6 Å². The molecule has 4 rings (SSSR count). The molecule has 5 heteroatoms. The Bertz CT molecular complexity index is 1070. The Balaban J connectivity index is 1.35. The standard InChI is InChI=1S/C24H23N3O2/c1-27(2)24(29)16-7-9-19(10-8-16)26-23(28)15-25-20-11-12-22-18(14-20)13-17-5-3-4-6-21(17)22/h3-12,14,25H,13,15H2,1-2H3,(H,26,28). The topological polar surface area (TPSA) is 61.4 Å². The molecule has 0 spiro atoms. The Morgan fingerprint density at radius 3 is 2.31 bits per heavy atom. The van der Waals surface area contributed by atoms with Crippen LogP contribution in [-0.4, -0.2) is 37.4 Å². The minimum atomic E-state index is -0.138. The van der Waals surface area contributed by atoms with E-state index in [9.17, 15) is 9.59 Å². The van der Waals surface area contributed by atoms with E-state index >= 15 is 0 Å². The van der Waals surface area contributed by atoms with Gasteiger partial charge in [-0.15, -0.1) is 0 Å². The molecule has 3 aromatic rings. The second-order valence-corrected chi connectivity index (χ2v) is 7.38. The molecular formula is C24H23N3O2. The van der Waals surface area contributed by atoms with Gasteiger partial charge in [0.2, 0.25) is 5.91 Å². The highest BCUT2D eigenvalue weighted by Gasteiger charge is 2.17. The van der Waals surface area contributed by atoms with E-state index in [4.69, 9.17) is 0 Å². The van der Waals surface area contributed by atoms with E-state index in [1.54, 1.807) is 38.4 Å². The second-order valence-electron chi connectivity index (χ2n) is 7.38. The van der Waals surface area contributed by atoms with Crippen LogP contribution >= 0.6 is 0 Å². The van der Waals surface area contributed by atoms with Gasteiger partial charge in [0, 0.05) is 31.0 Å². The number of fused-ring (bicyclic) bond motifs is 3. The maximum Gasteiger partial charge on any atom is 0.253 e. The highest BCUT2D eigenvalue weighted by Crippen LogP contribution is 2.37. The van der Waals surface area contributed by atoms with Crippen molar-refractivity contribution in [3.8, 4) is 11.1 Å². The van der Waals surface area contributed by atoms with Crippen LogP contribution in [0, 0.1) is 0 Å². The third kappa shape index (κ3) is 3.99. The molecular weight excluding hydrogens is 362 g/mol. The Hall–Kier alpha value is -3.60. The first kappa shape index (κ1) is 18.7. The van der Waals surface area contributed by atoms with E-state index in [1.165, 1.54) is 27.2 Å². The molecule has 0 aromatic heterocycles. The quantitative estimate of drug-likeness (QED) is 0.546. The largest absolute Gasteiger partial charge is 0.376 e. The molecule has 0 bridgehead atoms. The highest BCUT2D eigenvalue weighted by atomic mass is 16.2. The van der Waals surface area contributed by atoms with Crippen molar-refractivity contribution in [3.63, 3.8) is 0 Å². The summed E-state index contributed by atoms with van der Waals surface area (Å²) in [5.41, 5.74) is 7.36. The van der Waals surface area contributed by atoms with Crippen LogP contribution in [0.25, 0.3) is 11.1 Å². The molecule has 3 aromatic carbocycles. The fourth-order valence-corrected chi connectivity index (χ4v) is 3.60. The van der Waals surface area contributed by atoms with Crippen LogP contribution in [-0.2, 0) is 11.2 Å². The molecule has 0 fully saturated rings. The zero-order valence-corrected chi connectivity index (χ0v) is 16.5. The molecule has 0 atom stereocenters. The number of anilines is 2. The van der Waals surface area contributed by atoms with Crippen LogP contribution in [0.15, 0.2) is 66.7 Å². The summed E-state index contributed by atoms with van der Waals surface area (Å²) in [5, 5.41) is 6.04. The number of carbonyl (C=O) groups is 2. The monoisotopic (exact) mass is 385 g/mol. The first-order chi connectivity index (χ1) is 14.0. The van der Waals surface area contributed by atoms with E-state index in [-0.39, 0.29) is 18.4 Å². The van der Waals surface area contributed by atoms with E-state index in [1.807, 2.05) is 6.07 Å². The lowest BCUT2D eigenvalue weighted by Crippen LogP contribution is -2.23. The Kier molecular flexibility index (Phi) is 5.04. The number of carbonyl (C=O) groups excluding carboxylic acids is 2. The van der Waals surface area contributed by atoms with Crippen molar-refractivity contribution in [2.75, 3.05) is 31.3 Å². The third-order valence-electron chi connectivity index (χ3n) is 5.07. The van der Waals surface area contributed by atoms with E-state index in [2.05, 4.69) is 47.0 Å². The Morgan fingerprint density at radius 1 is 0.862 bits per heavy atom. The molecule has 0 saturated carbocycles. The van der Waals surface area contributed by atoms with Gasteiger partial charge in [0.05, 0.1) is 6.54 Å². The van der Waals surface area contributed by atoms with Gasteiger partial charge in [-0.2, -0.15) is 0 Å². The van der Waals surface area contributed by atoms with Gasteiger partial charge in [-0.1, -0.05) is 30.3 Å². The number of amides is 2. The normalized spacial score (nSPS) is 11.4. The zero-order valence-electron chi connectivity index (χ0n) is 16.5. The predicted molar refractivity (Wildman–Crippen MR) is 116 cm³/mol. The van der Waals surface area contributed by atoms with Crippen molar-refractivity contribution in [1.82, 2.24) is 4.90 Å². The van der Waals surface area contributed by atoms with Crippen LogP contribution in [0.3, 0.4) is 0 Å². The van der Waals surface area contributed by atoms with Gasteiger partial charge in [0.25, 0.3) is 5.91 Å². The summed E-state index contributed by atoms with van der Waals surface area (Å²) in [7, 11) is 3.42. The molecule has 0 radical (unpaired) electrons. The van der Waals surface area contributed by atoms with Crippen LogP contribution in [0.1, 0.15) is 21.5 Å². The lowest BCUT2D eigenvalue weighted by molar-refractivity contribution is -0.114.